The van der Waals surface area contributed by atoms with Crippen molar-refractivity contribution in [2.75, 3.05) is 19.2 Å². The number of nitrogens with one attached hydrogen (secondary N) is 1. The number of aryl methyl sites for hydroxylation is 1. The van der Waals surface area contributed by atoms with Crippen LogP contribution >= 0.6 is 0 Å². The minimum atomic E-state index is 0.322. The molecule has 0 bridgehead atoms. The van der Waals surface area contributed by atoms with Gasteiger partial charge in [-0.25, -0.2) is 0 Å². The highest BCUT2D eigenvalue weighted by Crippen LogP contribution is 2.39. The lowest BCUT2D eigenvalue weighted by molar-refractivity contribution is 0.174. The number of hydrogen-bond donors (Lipinski definition) is 1. The monoisotopic (exact) mass is 218 g/mol. The zero-order valence-electron chi connectivity index (χ0n) is 9.41. The molecule has 0 saturated heterocycles. The highest BCUT2D eigenvalue weighted by Gasteiger charge is 2.17. The smallest absolute Gasteiger partial charge is 0.231 e. The van der Waals surface area contributed by atoms with Crippen LogP contribution in [0, 0.1) is 0 Å². The van der Waals surface area contributed by atoms with Crippen molar-refractivity contribution in [2.24, 2.45) is 0 Å². The maximum absolute atomic E-state index is 5.39. The molecule has 0 atom stereocenters. The van der Waals surface area contributed by atoms with Gasteiger partial charge in [-0.05, 0) is 13.0 Å². The Balaban J connectivity index is 2.31. The number of ether oxygens (including phenoxy) is 2. The van der Waals surface area contributed by atoms with E-state index < -0.39 is 0 Å². The second-order valence-corrected chi connectivity index (χ2v) is 3.80. The summed E-state index contributed by atoms with van der Waals surface area (Å²) < 4.78 is 13.0. The molecule has 2 heterocycles. The lowest BCUT2D eigenvalue weighted by atomic mass is 10.2. The van der Waals surface area contributed by atoms with Gasteiger partial charge in [-0.3, -0.25) is 0 Å². The Hall–Kier alpha value is -1.84. The molecule has 0 radical (unpaired) electrons. The molecule has 0 spiro atoms. The molecule has 0 unspecified atom stereocenters. The van der Waals surface area contributed by atoms with Crippen LogP contribution in [-0.4, -0.2) is 18.4 Å². The van der Waals surface area contributed by atoms with Crippen LogP contribution in [0.4, 0.5) is 5.69 Å². The van der Waals surface area contributed by atoms with Crippen LogP contribution in [0.15, 0.2) is 18.3 Å². The van der Waals surface area contributed by atoms with E-state index >= 15 is 0 Å². The number of fused-ring (bicyclic) bond motifs is 2. The van der Waals surface area contributed by atoms with E-state index in [2.05, 4.69) is 23.0 Å². The second kappa shape index (κ2) is 3.33. The Morgan fingerprint density at radius 2 is 2.06 bits per heavy atom. The van der Waals surface area contributed by atoms with E-state index in [9.17, 15) is 0 Å². The van der Waals surface area contributed by atoms with Crippen molar-refractivity contribution in [3.63, 3.8) is 0 Å². The number of nitrogens with zero attached hydrogens (tertiary/aromatic N) is 1. The third-order valence-electron chi connectivity index (χ3n) is 2.99. The zero-order valence-corrected chi connectivity index (χ0v) is 9.41. The van der Waals surface area contributed by atoms with Crippen LogP contribution in [0.1, 0.15) is 6.92 Å². The van der Waals surface area contributed by atoms with E-state index in [0.29, 0.717) is 6.79 Å². The topological polar surface area (TPSA) is 35.4 Å². The number of hydrogen-bond acceptors (Lipinski definition) is 3. The molecule has 4 nitrogen and oxygen atoms in total. The fourth-order valence-electron chi connectivity index (χ4n) is 2.14. The third kappa shape index (κ3) is 1.16. The van der Waals surface area contributed by atoms with Gasteiger partial charge in [-0.15, -0.1) is 0 Å². The van der Waals surface area contributed by atoms with Gasteiger partial charge >= 0.3 is 0 Å². The first-order valence-corrected chi connectivity index (χ1v) is 5.43. The van der Waals surface area contributed by atoms with Crippen LogP contribution in [0.25, 0.3) is 10.9 Å². The summed E-state index contributed by atoms with van der Waals surface area (Å²) in [5, 5.41) is 4.37. The SMILES string of the molecule is CCn1cc(NC)c2cc3c(cc21)OCO3. The number of rotatable bonds is 2. The van der Waals surface area contributed by atoms with Crippen LogP contribution < -0.4 is 14.8 Å². The Kier molecular flexibility index (Phi) is 1.96. The molecule has 0 fully saturated rings. The van der Waals surface area contributed by atoms with Crippen LogP contribution in [0.5, 0.6) is 11.5 Å². The zero-order chi connectivity index (χ0) is 11.1. The standard InChI is InChI=1S/C12H14N2O2/c1-3-14-6-9(13-2)8-4-11-12(5-10(8)14)16-7-15-11/h4-6,13H,3,7H2,1-2H3. The Morgan fingerprint density at radius 3 is 2.75 bits per heavy atom. The van der Waals surface area contributed by atoms with Gasteiger partial charge in [0, 0.05) is 31.2 Å². The van der Waals surface area contributed by atoms with Crippen molar-refractivity contribution >= 4 is 16.6 Å². The van der Waals surface area contributed by atoms with E-state index in [4.69, 9.17) is 9.47 Å². The lowest BCUT2D eigenvalue weighted by Gasteiger charge is -2.01. The van der Waals surface area contributed by atoms with Crippen LogP contribution in [0.2, 0.25) is 0 Å². The lowest BCUT2D eigenvalue weighted by Crippen LogP contribution is -1.93. The van der Waals surface area contributed by atoms with Crippen molar-refractivity contribution in [1.29, 1.82) is 0 Å². The van der Waals surface area contributed by atoms with E-state index in [-0.39, 0.29) is 0 Å². The van der Waals surface area contributed by atoms with Gasteiger partial charge in [0.05, 0.1) is 11.2 Å². The minimum absolute atomic E-state index is 0.322. The largest absolute Gasteiger partial charge is 0.454 e. The average molecular weight is 218 g/mol. The van der Waals surface area contributed by atoms with Gasteiger partial charge < -0.3 is 19.4 Å². The molecule has 2 aromatic rings. The van der Waals surface area contributed by atoms with Crippen molar-refractivity contribution in [1.82, 2.24) is 4.57 Å². The summed E-state index contributed by atoms with van der Waals surface area (Å²) in [7, 11) is 1.93. The molecule has 84 valence electrons. The molecule has 3 rings (SSSR count). The Morgan fingerprint density at radius 1 is 1.31 bits per heavy atom. The van der Waals surface area contributed by atoms with E-state index in [1.807, 2.05) is 19.2 Å². The first-order valence-electron chi connectivity index (χ1n) is 5.43. The summed E-state index contributed by atoms with van der Waals surface area (Å²) in [6, 6.07) is 4.08. The highest BCUT2D eigenvalue weighted by molar-refractivity contribution is 5.95. The molecule has 1 aliphatic heterocycles. The maximum Gasteiger partial charge on any atom is 0.231 e. The summed E-state index contributed by atoms with van der Waals surface area (Å²) in [5.41, 5.74) is 2.30. The minimum Gasteiger partial charge on any atom is -0.454 e. The van der Waals surface area contributed by atoms with Crippen LogP contribution in [0.3, 0.4) is 0 Å². The van der Waals surface area contributed by atoms with E-state index in [1.54, 1.807) is 0 Å². The number of anilines is 1. The fourth-order valence-corrected chi connectivity index (χ4v) is 2.14. The molecule has 1 aromatic carbocycles. The van der Waals surface area contributed by atoms with Crippen LogP contribution in [-0.2, 0) is 6.54 Å². The normalized spacial score (nSPS) is 13.4. The van der Waals surface area contributed by atoms with Gasteiger partial charge in [0.2, 0.25) is 6.79 Å². The van der Waals surface area contributed by atoms with Crippen molar-refractivity contribution in [3.8, 4) is 11.5 Å². The third-order valence-corrected chi connectivity index (χ3v) is 2.99. The molecule has 1 aromatic heterocycles. The molecular weight excluding hydrogens is 204 g/mol. The molecule has 16 heavy (non-hydrogen) atoms. The van der Waals surface area contributed by atoms with Gasteiger partial charge in [0.15, 0.2) is 11.5 Å². The van der Waals surface area contributed by atoms with Crippen molar-refractivity contribution < 1.29 is 9.47 Å². The predicted octanol–water partition coefficient (Wildman–Crippen LogP) is 2.43. The molecule has 0 aliphatic carbocycles. The van der Waals surface area contributed by atoms with Gasteiger partial charge in [-0.2, -0.15) is 0 Å². The summed E-state index contributed by atoms with van der Waals surface area (Å²) in [4.78, 5) is 0. The first-order chi connectivity index (χ1) is 7.83. The van der Waals surface area contributed by atoms with Gasteiger partial charge in [0.25, 0.3) is 0 Å². The Labute approximate surface area is 93.8 Å². The predicted molar refractivity (Wildman–Crippen MR) is 63.3 cm³/mol. The number of aromatic nitrogens is 1. The quantitative estimate of drug-likeness (QED) is 0.840. The van der Waals surface area contributed by atoms with Gasteiger partial charge in [0.1, 0.15) is 0 Å². The summed E-state index contributed by atoms with van der Waals surface area (Å²) in [6.07, 6.45) is 2.11. The molecule has 1 aliphatic rings. The average Bonchev–Trinajstić information content (AvgIpc) is 2.88. The van der Waals surface area contributed by atoms with Crippen molar-refractivity contribution in [2.45, 2.75) is 13.5 Å². The summed E-state index contributed by atoms with van der Waals surface area (Å²) in [5.74, 6) is 1.67. The van der Waals surface area contributed by atoms with Crippen molar-refractivity contribution in [3.05, 3.63) is 18.3 Å². The fraction of sp³-hybridized carbons (Fsp3) is 0.333. The number of benzene rings is 1. The maximum atomic E-state index is 5.39. The van der Waals surface area contributed by atoms with Gasteiger partial charge in [-0.1, -0.05) is 0 Å². The summed E-state index contributed by atoms with van der Waals surface area (Å²) >= 11 is 0. The summed E-state index contributed by atoms with van der Waals surface area (Å²) in [6.45, 7) is 3.39. The first kappa shape index (κ1) is 9.39. The molecule has 0 saturated carbocycles. The molecule has 0 amide bonds. The molecule has 1 N–H and O–H groups in total. The second-order valence-electron chi connectivity index (χ2n) is 3.80. The van der Waals surface area contributed by atoms with E-state index in [1.165, 1.54) is 10.9 Å². The van der Waals surface area contributed by atoms with E-state index in [0.717, 1.165) is 23.7 Å². The highest BCUT2D eigenvalue weighted by atomic mass is 16.7. The molecular formula is C12H14N2O2. The Bertz CT molecular complexity index is 499. The molecule has 4 heteroatoms.